The van der Waals surface area contributed by atoms with Crippen LogP contribution in [0.4, 0.5) is 0 Å². The van der Waals surface area contributed by atoms with E-state index in [0.29, 0.717) is 0 Å². The average Bonchev–Trinajstić information content (AvgIpc) is 2.61. The highest BCUT2D eigenvalue weighted by Gasteiger charge is 2.18. The lowest BCUT2D eigenvalue weighted by Crippen LogP contribution is -2.16. The zero-order valence-electron chi connectivity index (χ0n) is 8.83. The zero-order valence-corrected chi connectivity index (χ0v) is 10.4. The van der Waals surface area contributed by atoms with Crippen molar-refractivity contribution in [3.05, 3.63) is 30.9 Å². The third kappa shape index (κ3) is 2.71. The predicted molar refractivity (Wildman–Crippen MR) is 63.6 cm³/mol. The molecular formula is C11H17BrN2. The van der Waals surface area contributed by atoms with Gasteiger partial charge in [0.05, 0.1) is 0 Å². The Kier molecular flexibility index (Phi) is 3.93. The van der Waals surface area contributed by atoms with Gasteiger partial charge in [-0.2, -0.15) is 0 Å². The molecule has 1 aromatic heterocycles. The molecule has 1 heterocycles. The first-order chi connectivity index (χ1) is 6.61. The van der Waals surface area contributed by atoms with Crippen molar-refractivity contribution < 1.29 is 0 Å². The Morgan fingerprint density at radius 1 is 1.71 bits per heavy atom. The van der Waals surface area contributed by atoms with Gasteiger partial charge in [0.1, 0.15) is 5.82 Å². The van der Waals surface area contributed by atoms with E-state index in [-0.39, 0.29) is 5.41 Å². The highest BCUT2D eigenvalue weighted by molar-refractivity contribution is 9.09. The normalized spacial score (nSPS) is 15.1. The van der Waals surface area contributed by atoms with Gasteiger partial charge in [-0.1, -0.05) is 28.9 Å². The third-order valence-electron chi connectivity index (χ3n) is 2.64. The summed E-state index contributed by atoms with van der Waals surface area (Å²) >= 11 is 3.52. The van der Waals surface area contributed by atoms with Crippen LogP contribution in [0.3, 0.4) is 0 Å². The summed E-state index contributed by atoms with van der Waals surface area (Å²) < 4.78 is 2.07. The van der Waals surface area contributed by atoms with E-state index >= 15 is 0 Å². The van der Waals surface area contributed by atoms with Gasteiger partial charge in [0.25, 0.3) is 0 Å². The van der Waals surface area contributed by atoms with Crippen molar-refractivity contribution in [2.24, 2.45) is 12.5 Å². The van der Waals surface area contributed by atoms with Crippen LogP contribution in [-0.4, -0.2) is 14.9 Å². The van der Waals surface area contributed by atoms with Gasteiger partial charge < -0.3 is 4.57 Å². The molecule has 0 aromatic carbocycles. The van der Waals surface area contributed by atoms with Crippen LogP contribution in [0.15, 0.2) is 25.0 Å². The molecule has 1 aromatic rings. The van der Waals surface area contributed by atoms with E-state index in [1.54, 1.807) is 0 Å². The summed E-state index contributed by atoms with van der Waals surface area (Å²) in [7, 11) is 2.03. The van der Waals surface area contributed by atoms with Gasteiger partial charge in [0.15, 0.2) is 0 Å². The van der Waals surface area contributed by atoms with Crippen molar-refractivity contribution >= 4 is 15.9 Å². The van der Waals surface area contributed by atoms with E-state index in [9.17, 15) is 0 Å². The number of imidazole rings is 1. The summed E-state index contributed by atoms with van der Waals surface area (Å²) in [6, 6.07) is 0. The standard InChI is InChI=1S/C11H17BrN2/c1-4-11(2,9-12)6-5-10-13-7-8-14(10)3/h4,7-8H,1,5-6,9H2,2-3H3. The smallest absolute Gasteiger partial charge is 0.108 e. The number of rotatable bonds is 5. The minimum atomic E-state index is 0.173. The molecule has 0 radical (unpaired) electrons. The Balaban J connectivity index is 2.56. The van der Waals surface area contributed by atoms with E-state index in [4.69, 9.17) is 0 Å². The van der Waals surface area contributed by atoms with Crippen LogP contribution in [0.5, 0.6) is 0 Å². The summed E-state index contributed by atoms with van der Waals surface area (Å²) in [4.78, 5) is 4.30. The van der Waals surface area contributed by atoms with Gasteiger partial charge in [-0.05, 0) is 11.8 Å². The van der Waals surface area contributed by atoms with Crippen LogP contribution < -0.4 is 0 Å². The Labute approximate surface area is 94.2 Å². The van der Waals surface area contributed by atoms with E-state index < -0.39 is 0 Å². The Morgan fingerprint density at radius 3 is 2.86 bits per heavy atom. The minimum absolute atomic E-state index is 0.173. The van der Waals surface area contributed by atoms with Crippen molar-refractivity contribution in [1.82, 2.24) is 9.55 Å². The first kappa shape index (κ1) is 11.5. The Hall–Kier alpha value is -0.570. The van der Waals surface area contributed by atoms with E-state index in [0.717, 1.165) is 24.0 Å². The second-order valence-electron chi connectivity index (χ2n) is 3.95. The molecule has 0 spiro atoms. The first-order valence-corrected chi connectivity index (χ1v) is 5.89. The number of hydrogen-bond donors (Lipinski definition) is 0. The average molecular weight is 257 g/mol. The van der Waals surface area contributed by atoms with Crippen molar-refractivity contribution in [3.8, 4) is 0 Å². The third-order valence-corrected chi connectivity index (χ3v) is 3.92. The summed E-state index contributed by atoms with van der Waals surface area (Å²) in [5.41, 5.74) is 0.173. The van der Waals surface area contributed by atoms with Gasteiger partial charge in [0.2, 0.25) is 0 Å². The molecule has 78 valence electrons. The molecule has 14 heavy (non-hydrogen) atoms. The number of aromatic nitrogens is 2. The number of alkyl halides is 1. The SMILES string of the molecule is C=CC(C)(CBr)CCc1nccn1C. The second-order valence-corrected chi connectivity index (χ2v) is 4.51. The fraction of sp³-hybridized carbons (Fsp3) is 0.545. The van der Waals surface area contributed by atoms with Crippen LogP contribution in [0.1, 0.15) is 19.2 Å². The Bertz CT molecular complexity index is 306. The molecule has 1 rings (SSSR count). The molecule has 0 fully saturated rings. The quantitative estimate of drug-likeness (QED) is 0.585. The maximum atomic E-state index is 4.30. The number of halogens is 1. The van der Waals surface area contributed by atoms with Gasteiger partial charge in [-0.25, -0.2) is 4.98 Å². The van der Waals surface area contributed by atoms with Crippen LogP contribution >= 0.6 is 15.9 Å². The molecule has 0 aliphatic carbocycles. The van der Waals surface area contributed by atoms with Crippen molar-refractivity contribution in [2.45, 2.75) is 19.8 Å². The number of allylic oxidation sites excluding steroid dienone is 1. The fourth-order valence-electron chi connectivity index (χ4n) is 1.26. The molecule has 1 unspecified atom stereocenters. The summed E-state index contributed by atoms with van der Waals surface area (Å²) in [5, 5.41) is 0.952. The van der Waals surface area contributed by atoms with Crippen molar-refractivity contribution in [2.75, 3.05) is 5.33 Å². The molecule has 0 aliphatic rings. The largest absolute Gasteiger partial charge is 0.338 e. The number of hydrogen-bond acceptors (Lipinski definition) is 1. The fourth-order valence-corrected chi connectivity index (χ4v) is 1.77. The lowest BCUT2D eigenvalue weighted by atomic mass is 9.88. The van der Waals surface area contributed by atoms with E-state index in [1.165, 1.54) is 0 Å². The molecule has 3 heteroatoms. The molecule has 0 bridgehead atoms. The first-order valence-electron chi connectivity index (χ1n) is 4.77. The maximum Gasteiger partial charge on any atom is 0.108 e. The molecule has 0 amide bonds. The van der Waals surface area contributed by atoms with Gasteiger partial charge in [0, 0.05) is 31.2 Å². The molecular weight excluding hydrogens is 240 g/mol. The number of nitrogens with zero attached hydrogens (tertiary/aromatic N) is 2. The van der Waals surface area contributed by atoms with Crippen molar-refractivity contribution in [1.29, 1.82) is 0 Å². The maximum absolute atomic E-state index is 4.30. The Morgan fingerprint density at radius 2 is 2.43 bits per heavy atom. The number of aryl methyl sites for hydroxylation is 2. The molecule has 2 nitrogen and oxygen atoms in total. The zero-order chi connectivity index (χ0) is 10.6. The predicted octanol–water partition coefficient (Wildman–Crippen LogP) is 2.94. The molecule has 0 saturated heterocycles. The minimum Gasteiger partial charge on any atom is -0.338 e. The monoisotopic (exact) mass is 256 g/mol. The highest BCUT2D eigenvalue weighted by atomic mass is 79.9. The lowest BCUT2D eigenvalue weighted by Gasteiger charge is -2.22. The summed E-state index contributed by atoms with van der Waals surface area (Å²) in [6.45, 7) is 6.07. The van der Waals surface area contributed by atoms with Crippen LogP contribution in [0.2, 0.25) is 0 Å². The topological polar surface area (TPSA) is 17.8 Å². The van der Waals surface area contributed by atoms with Crippen molar-refractivity contribution in [3.63, 3.8) is 0 Å². The summed E-state index contributed by atoms with van der Waals surface area (Å²) in [5.74, 6) is 1.14. The van der Waals surface area contributed by atoms with Crippen LogP contribution in [0, 0.1) is 5.41 Å². The lowest BCUT2D eigenvalue weighted by molar-refractivity contribution is 0.443. The molecule has 0 aliphatic heterocycles. The van der Waals surface area contributed by atoms with Crippen LogP contribution in [-0.2, 0) is 13.5 Å². The summed E-state index contributed by atoms with van der Waals surface area (Å²) in [6.07, 6.45) is 7.92. The molecule has 0 N–H and O–H groups in total. The highest BCUT2D eigenvalue weighted by Crippen LogP contribution is 2.26. The second kappa shape index (κ2) is 4.78. The molecule has 0 saturated carbocycles. The van der Waals surface area contributed by atoms with Gasteiger partial charge >= 0.3 is 0 Å². The van der Waals surface area contributed by atoms with Gasteiger partial charge in [-0.3, -0.25) is 0 Å². The van der Waals surface area contributed by atoms with E-state index in [1.807, 2.05) is 25.5 Å². The van der Waals surface area contributed by atoms with Gasteiger partial charge in [-0.15, -0.1) is 6.58 Å². The molecule has 1 atom stereocenters. The van der Waals surface area contributed by atoms with Crippen LogP contribution in [0.25, 0.3) is 0 Å². The van der Waals surface area contributed by atoms with E-state index in [2.05, 4.69) is 39.0 Å².